The maximum absolute atomic E-state index is 12.6. The Morgan fingerprint density at radius 3 is 2.20 bits per heavy atom. The van der Waals surface area contributed by atoms with Gasteiger partial charge in [-0.15, -0.1) is 0 Å². The summed E-state index contributed by atoms with van der Waals surface area (Å²) in [5, 5.41) is 0. The van der Waals surface area contributed by atoms with Crippen LogP contribution in [0, 0.1) is 0 Å². The largest absolute Gasteiger partial charge is 0.497 e. The monoisotopic (exact) mass is 430 g/mol. The van der Waals surface area contributed by atoms with Gasteiger partial charge in [0.2, 0.25) is 15.9 Å². The van der Waals surface area contributed by atoms with Gasteiger partial charge in [-0.3, -0.25) is 0 Å². The molecule has 1 heterocycles. The minimum Gasteiger partial charge on any atom is -0.497 e. The molecule has 0 radical (unpaired) electrons. The summed E-state index contributed by atoms with van der Waals surface area (Å²) in [6, 6.07) is 14.8. The second-order valence-corrected chi connectivity index (χ2v) is 7.89. The number of benzene rings is 2. The molecule has 2 aromatic carbocycles. The van der Waals surface area contributed by atoms with E-state index in [1.807, 2.05) is 0 Å². The zero-order valence-electron chi connectivity index (χ0n) is 16.8. The van der Waals surface area contributed by atoms with Gasteiger partial charge in [-0.1, -0.05) is 0 Å². The minimum atomic E-state index is -3.76. The van der Waals surface area contributed by atoms with E-state index in [0.717, 1.165) is 0 Å². The van der Waals surface area contributed by atoms with E-state index in [1.54, 1.807) is 55.8 Å². The third kappa shape index (κ3) is 5.19. The van der Waals surface area contributed by atoms with Gasteiger partial charge in [0.05, 0.1) is 26.2 Å². The van der Waals surface area contributed by atoms with Crippen molar-refractivity contribution in [3.8, 4) is 28.9 Å². The molecule has 1 N–H and O–H groups in total. The maximum atomic E-state index is 12.6. The minimum absolute atomic E-state index is 0.0676. The number of hydrogen-bond acceptors (Lipinski definition) is 7. The fraction of sp³-hybridized carbons (Fsp3) is 0.190. The zero-order valence-corrected chi connectivity index (χ0v) is 17.6. The first-order chi connectivity index (χ1) is 14.4. The number of sulfonamides is 1. The van der Waals surface area contributed by atoms with E-state index >= 15 is 0 Å². The summed E-state index contributed by atoms with van der Waals surface area (Å²) in [6.45, 7) is 0.0676. The summed E-state index contributed by atoms with van der Waals surface area (Å²) in [5.41, 5.74) is 0.692. The first-order valence-electron chi connectivity index (χ1n) is 8.93. The number of ether oxygens (including phenoxy) is 4. The Bertz CT molecular complexity index is 1100. The number of hydrogen-bond donors (Lipinski definition) is 1. The van der Waals surface area contributed by atoms with Gasteiger partial charge in [0.15, 0.2) is 11.5 Å². The molecule has 0 atom stereocenters. The van der Waals surface area contributed by atoms with Crippen LogP contribution in [0.2, 0.25) is 0 Å². The number of nitrogens with zero attached hydrogens (tertiary/aromatic N) is 1. The molecule has 0 aliphatic heterocycles. The summed E-state index contributed by atoms with van der Waals surface area (Å²) in [6.07, 6.45) is 1.55. The van der Waals surface area contributed by atoms with Crippen LogP contribution in [-0.4, -0.2) is 34.7 Å². The molecule has 0 fully saturated rings. The molecule has 158 valence electrons. The average molecular weight is 430 g/mol. The topological polar surface area (TPSA) is 96.0 Å². The van der Waals surface area contributed by atoms with Crippen LogP contribution in [0.1, 0.15) is 5.56 Å². The highest BCUT2D eigenvalue weighted by molar-refractivity contribution is 7.89. The van der Waals surface area contributed by atoms with Crippen molar-refractivity contribution in [3.05, 3.63) is 66.4 Å². The number of pyridine rings is 1. The van der Waals surface area contributed by atoms with E-state index in [1.165, 1.54) is 26.4 Å². The van der Waals surface area contributed by atoms with Crippen molar-refractivity contribution in [2.45, 2.75) is 11.4 Å². The van der Waals surface area contributed by atoms with Crippen LogP contribution < -0.4 is 23.7 Å². The van der Waals surface area contributed by atoms with Gasteiger partial charge in [0, 0.05) is 24.9 Å². The molecule has 8 nitrogen and oxygen atoms in total. The normalized spacial score (nSPS) is 11.0. The predicted molar refractivity (Wildman–Crippen MR) is 111 cm³/mol. The Balaban J connectivity index is 1.70. The molecule has 0 saturated carbocycles. The van der Waals surface area contributed by atoms with Crippen molar-refractivity contribution in [1.29, 1.82) is 0 Å². The van der Waals surface area contributed by atoms with Crippen molar-refractivity contribution >= 4 is 10.0 Å². The number of aromatic nitrogens is 1. The van der Waals surface area contributed by atoms with E-state index in [9.17, 15) is 8.42 Å². The summed E-state index contributed by atoms with van der Waals surface area (Å²) >= 11 is 0. The summed E-state index contributed by atoms with van der Waals surface area (Å²) in [5.74, 6) is 2.44. The van der Waals surface area contributed by atoms with Gasteiger partial charge in [-0.2, -0.15) is 0 Å². The highest BCUT2D eigenvalue weighted by atomic mass is 32.2. The third-order valence-electron chi connectivity index (χ3n) is 4.21. The fourth-order valence-electron chi connectivity index (χ4n) is 2.63. The first-order valence-corrected chi connectivity index (χ1v) is 10.4. The Hall–Kier alpha value is -3.30. The number of methoxy groups -OCH3 is 3. The smallest absolute Gasteiger partial charge is 0.241 e. The van der Waals surface area contributed by atoms with Crippen molar-refractivity contribution in [2.24, 2.45) is 0 Å². The Labute approximate surface area is 175 Å². The van der Waals surface area contributed by atoms with Gasteiger partial charge in [-0.25, -0.2) is 18.1 Å². The van der Waals surface area contributed by atoms with Crippen LogP contribution in [0.5, 0.6) is 28.9 Å². The standard InChI is InChI=1S/C21H22N2O6S/c1-26-16-4-6-17(7-5-16)29-21-12-15(10-11-22-21)14-23-30(24,25)18-8-9-19(27-2)20(13-18)28-3/h4-13,23H,14H2,1-3H3. The van der Waals surface area contributed by atoms with Gasteiger partial charge in [-0.05, 0) is 48.0 Å². The van der Waals surface area contributed by atoms with E-state index in [-0.39, 0.29) is 11.4 Å². The molecule has 0 amide bonds. The molecule has 0 saturated heterocycles. The van der Waals surface area contributed by atoms with Gasteiger partial charge in [0.1, 0.15) is 11.5 Å². The van der Waals surface area contributed by atoms with Crippen LogP contribution in [0.15, 0.2) is 65.7 Å². The molecule has 0 spiro atoms. The van der Waals surface area contributed by atoms with Crippen molar-refractivity contribution in [2.75, 3.05) is 21.3 Å². The lowest BCUT2D eigenvalue weighted by molar-refractivity contribution is 0.354. The van der Waals surface area contributed by atoms with Crippen molar-refractivity contribution in [1.82, 2.24) is 9.71 Å². The Morgan fingerprint density at radius 1 is 0.833 bits per heavy atom. The molecule has 1 aromatic heterocycles. The molecule has 0 aliphatic carbocycles. The number of nitrogens with one attached hydrogen (secondary N) is 1. The SMILES string of the molecule is COc1ccc(Oc2cc(CNS(=O)(=O)c3ccc(OC)c(OC)c3)ccn2)cc1. The van der Waals surface area contributed by atoms with Crippen molar-refractivity contribution < 1.29 is 27.4 Å². The average Bonchev–Trinajstić information content (AvgIpc) is 2.78. The molecule has 9 heteroatoms. The molecular weight excluding hydrogens is 408 g/mol. The molecule has 0 unspecified atom stereocenters. The summed E-state index contributed by atoms with van der Waals surface area (Å²) in [7, 11) is 0.764. The van der Waals surface area contributed by atoms with E-state index in [4.69, 9.17) is 18.9 Å². The zero-order chi connectivity index (χ0) is 21.6. The van der Waals surface area contributed by atoms with Crippen molar-refractivity contribution in [3.63, 3.8) is 0 Å². The van der Waals surface area contributed by atoms with Crippen LogP contribution >= 0.6 is 0 Å². The first kappa shape index (κ1) is 21.4. The fourth-order valence-corrected chi connectivity index (χ4v) is 3.66. The molecule has 0 bridgehead atoms. The van der Waals surface area contributed by atoms with Gasteiger partial charge in [0.25, 0.3) is 0 Å². The van der Waals surface area contributed by atoms with Crippen LogP contribution in [0.25, 0.3) is 0 Å². The second kappa shape index (κ2) is 9.47. The van der Waals surface area contributed by atoms with E-state index in [0.29, 0.717) is 34.4 Å². The molecule has 0 aliphatic rings. The Kier molecular flexibility index (Phi) is 6.76. The van der Waals surface area contributed by atoms with Crippen LogP contribution in [0.4, 0.5) is 0 Å². The lowest BCUT2D eigenvalue weighted by atomic mass is 10.3. The lowest BCUT2D eigenvalue weighted by Gasteiger charge is -2.11. The highest BCUT2D eigenvalue weighted by Crippen LogP contribution is 2.29. The number of rotatable bonds is 9. The third-order valence-corrected chi connectivity index (χ3v) is 5.61. The molecule has 3 rings (SSSR count). The maximum Gasteiger partial charge on any atom is 0.241 e. The highest BCUT2D eigenvalue weighted by Gasteiger charge is 2.17. The predicted octanol–water partition coefficient (Wildman–Crippen LogP) is 3.38. The van der Waals surface area contributed by atoms with Crippen LogP contribution in [0.3, 0.4) is 0 Å². The Morgan fingerprint density at radius 2 is 1.53 bits per heavy atom. The summed E-state index contributed by atoms with van der Waals surface area (Å²) < 4.78 is 49.0. The quantitative estimate of drug-likeness (QED) is 0.556. The lowest BCUT2D eigenvalue weighted by Crippen LogP contribution is -2.23. The summed E-state index contributed by atoms with van der Waals surface area (Å²) in [4.78, 5) is 4.23. The van der Waals surface area contributed by atoms with E-state index < -0.39 is 10.0 Å². The van der Waals surface area contributed by atoms with Gasteiger partial charge >= 0.3 is 0 Å². The van der Waals surface area contributed by atoms with Gasteiger partial charge < -0.3 is 18.9 Å². The molecule has 30 heavy (non-hydrogen) atoms. The van der Waals surface area contributed by atoms with Crippen LogP contribution in [-0.2, 0) is 16.6 Å². The second-order valence-electron chi connectivity index (χ2n) is 6.12. The van der Waals surface area contributed by atoms with E-state index in [2.05, 4.69) is 9.71 Å². The molecule has 3 aromatic rings. The molecular formula is C21H22N2O6S.